The van der Waals surface area contributed by atoms with Crippen LogP contribution in [0.15, 0.2) is 52.5 Å². The van der Waals surface area contributed by atoms with Crippen molar-refractivity contribution in [1.29, 1.82) is 0 Å². The molecule has 0 aliphatic rings. The van der Waals surface area contributed by atoms with Gasteiger partial charge in [-0.15, -0.1) is 10.2 Å². The van der Waals surface area contributed by atoms with Crippen molar-refractivity contribution in [3.05, 3.63) is 52.5 Å². The summed E-state index contributed by atoms with van der Waals surface area (Å²) < 4.78 is 15.7. The highest BCUT2D eigenvalue weighted by Gasteiger charge is 2.14. The molecule has 0 unspecified atom stereocenters. The Bertz CT molecular complexity index is 1090. The third kappa shape index (κ3) is 3.44. The molecular weight excluding hydrogens is 417 g/mol. The second-order valence-electron chi connectivity index (χ2n) is 5.14. The van der Waals surface area contributed by atoms with Gasteiger partial charge in [-0.1, -0.05) is 58.4 Å². The average molecular weight is 428 g/mol. The summed E-state index contributed by atoms with van der Waals surface area (Å²) >= 11 is 15.2. The first-order valence-corrected chi connectivity index (χ1v) is 11.2. The largest absolute Gasteiger partial charge is 0.260 e. The van der Waals surface area contributed by atoms with E-state index in [-0.39, 0.29) is 0 Å². The van der Waals surface area contributed by atoms with Crippen LogP contribution in [0, 0.1) is 0 Å². The molecule has 128 valence electrons. The van der Waals surface area contributed by atoms with E-state index >= 15 is 0 Å². The molecule has 0 aliphatic carbocycles. The van der Waals surface area contributed by atoms with E-state index in [9.17, 15) is 4.21 Å². The quantitative estimate of drug-likeness (QED) is 0.413. The van der Waals surface area contributed by atoms with E-state index in [1.807, 2.05) is 16.5 Å². The van der Waals surface area contributed by atoms with E-state index in [0.717, 1.165) is 15.6 Å². The maximum Gasteiger partial charge on any atom is 0.217 e. The minimum Gasteiger partial charge on any atom is -0.260 e. The lowest BCUT2D eigenvalue weighted by Gasteiger charge is -2.05. The SMILES string of the molecule is O=[S@](CCSc1nnc2sc3ccccc3n12)c1cc(Cl)ccc1Cl. The van der Waals surface area contributed by atoms with Gasteiger partial charge in [0.2, 0.25) is 4.96 Å². The van der Waals surface area contributed by atoms with Crippen molar-refractivity contribution < 1.29 is 4.21 Å². The Kier molecular flexibility index (Phi) is 5.01. The van der Waals surface area contributed by atoms with Crippen LogP contribution in [-0.4, -0.2) is 30.3 Å². The minimum atomic E-state index is -1.21. The maximum absolute atomic E-state index is 12.5. The number of hydrogen-bond acceptors (Lipinski definition) is 5. The van der Waals surface area contributed by atoms with Crippen LogP contribution in [0.25, 0.3) is 15.2 Å². The van der Waals surface area contributed by atoms with E-state index in [4.69, 9.17) is 23.2 Å². The molecule has 2 aromatic heterocycles. The van der Waals surface area contributed by atoms with E-state index in [0.29, 0.717) is 26.4 Å². The molecule has 0 amide bonds. The third-order valence-corrected chi connectivity index (χ3v) is 7.83. The molecule has 4 rings (SSSR count). The van der Waals surface area contributed by atoms with Gasteiger partial charge < -0.3 is 0 Å². The van der Waals surface area contributed by atoms with Gasteiger partial charge in [0.15, 0.2) is 5.16 Å². The predicted octanol–water partition coefficient (Wildman–Crippen LogP) is 5.15. The molecule has 0 spiro atoms. The zero-order valence-corrected chi connectivity index (χ0v) is 16.6. The van der Waals surface area contributed by atoms with Crippen LogP contribution >= 0.6 is 46.3 Å². The van der Waals surface area contributed by atoms with Crippen LogP contribution in [0.4, 0.5) is 0 Å². The zero-order chi connectivity index (χ0) is 17.4. The standard InChI is InChI=1S/C16H11Cl2N3OS3/c17-10-5-6-11(18)14(9-10)25(22)8-7-23-15-19-20-16-21(15)12-3-1-2-4-13(12)24-16/h1-6,9H,7-8H2/t25-/m1/s1. The summed E-state index contributed by atoms with van der Waals surface area (Å²) in [6, 6.07) is 13.1. The normalized spacial score (nSPS) is 12.9. The molecule has 4 nitrogen and oxygen atoms in total. The average Bonchev–Trinajstić information content (AvgIpc) is 3.16. The molecule has 25 heavy (non-hydrogen) atoms. The molecule has 0 saturated heterocycles. The summed E-state index contributed by atoms with van der Waals surface area (Å²) in [5.74, 6) is 1.10. The monoisotopic (exact) mass is 427 g/mol. The molecule has 1 atom stereocenters. The molecular formula is C16H11Cl2N3OS3. The molecule has 0 fully saturated rings. The van der Waals surface area contributed by atoms with E-state index < -0.39 is 10.8 Å². The number of nitrogens with zero attached hydrogens (tertiary/aromatic N) is 3. The van der Waals surface area contributed by atoms with Crippen molar-refractivity contribution in [2.24, 2.45) is 0 Å². The van der Waals surface area contributed by atoms with Gasteiger partial charge in [-0.2, -0.15) is 0 Å². The Morgan fingerprint density at radius 2 is 2.00 bits per heavy atom. The fraction of sp³-hybridized carbons (Fsp3) is 0.125. The molecule has 2 heterocycles. The van der Waals surface area contributed by atoms with Crippen molar-refractivity contribution in [3.8, 4) is 0 Å². The number of hydrogen-bond donors (Lipinski definition) is 0. The van der Waals surface area contributed by atoms with Crippen LogP contribution in [0.3, 0.4) is 0 Å². The number of para-hydroxylation sites is 1. The molecule has 0 bridgehead atoms. The van der Waals surface area contributed by atoms with Gasteiger partial charge in [0.25, 0.3) is 0 Å². The van der Waals surface area contributed by atoms with Crippen molar-refractivity contribution in [2.45, 2.75) is 10.1 Å². The fourth-order valence-electron chi connectivity index (χ4n) is 2.42. The molecule has 0 aliphatic heterocycles. The first kappa shape index (κ1) is 17.3. The van der Waals surface area contributed by atoms with E-state index in [1.54, 1.807) is 29.5 Å². The van der Waals surface area contributed by atoms with Crippen LogP contribution in [-0.2, 0) is 10.8 Å². The molecule has 4 aromatic rings. The Morgan fingerprint density at radius 3 is 2.88 bits per heavy atom. The summed E-state index contributed by atoms with van der Waals surface area (Å²) in [6.45, 7) is 0. The Labute approximate surface area is 164 Å². The zero-order valence-electron chi connectivity index (χ0n) is 12.7. The van der Waals surface area contributed by atoms with Gasteiger partial charge in [-0.25, -0.2) is 0 Å². The third-order valence-electron chi connectivity index (χ3n) is 3.55. The molecule has 0 radical (unpaired) electrons. The molecule has 0 N–H and O–H groups in total. The van der Waals surface area contributed by atoms with Crippen LogP contribution in [0.2, 0.25) is 10.0 Å². The summed E-state index contributed by atoms with van der Waals surface area (Å²) in [7, 11) is -1.21. The molecule has 9 heteroatoms. The van der Waals surface area contributed by atoms with Gasteiger partial charge >= 0.3 is 0 Å². The van der Waals surface area contributed by atoms with Crippen molar-refractivity contribution in [3.63, 3.8) is 0 Å². The molecule has 0 saturated carbocycles. The number of rotatable bonds is 5. The van der Waals surface area contributed by atoms with Crippen LogP contribution in [0.1, 0.15) is 0 Å². The number of thioether (sulfide) groups is 1. The van der Waals surface area contributed by atoms with Crippen molar-refractivity contribution >= 4 is 72.3 Å². The molecule has 2 aromatic carbocycles. The first-order chi connectivity index (χ1) is 12.1. The highest BCUT2D eigenvalue weighted by atomic mass is 35.5. The Morgan fingerprint density at radius 1 is 1.16 bits per heavy atom. The number of thiazole rings is 1. The lowest BCUT2D eigenvalue weighted by atomic mass is 10.3. The van der Waals surface area contributed by atoms with Gasteiger partial charge in [0.05, 0.1) is 30.9 Å². The highest BCUT2D eigenvalue weighted by Crippen LogP contribution is 2.30. The first-order valence-electron chi connectivity index (χ1n) is 7.32. The Balaban J connectivity index is 1.51. The second-order valence-corrected chi connectivity index (χ2v) is 9.60. The maximum atomic E-state index is 12.5. The van der Waals surface area contributed by atoms with Crippen molar-refractivity contribution in [2.75, 3.05) is 11.5 Å². The summed E-state index contributed by atoms with van der Waals surface area (Å²) in [6.07, 6.45) is 0. The number of halogens is 2. The number of fused-ring (bicyclic) bond motifs is 3. The lowest BCUT2D eigenvalue weighted by Crippen LogP contribution is -2.02. The second kappa shape index (κ2) is 7.25. The highest BCUT2D eigenvalue weighted by molar-refractivity contribution is 8.00. The summed E-state index contributed by atoms with van der Waals surface area (Å²) in [5.41, 5.74) is 1.09. The van der Waals surface area contributed by atoms with Gasteiger partial charge in [-0.3, -0.25) is 8.61 Å². The topological polar surface area (TPSA) is 47.3 Å². The lowest BCUT2D eigenvalue weighted by molar-refractivity contribution is 0.684. The number of benzene rings is 2. The fourth-order valence-corrected chi connectivity index (χ4v) is 6.35. The predicted molar refractivity (Wildman–Crippen MR) is 107 cm³/mol. The number of aromatic nitrogens is 3. The van der Waals surface area contributed by atoms with Gasteiger partial charge in [0, 0.05) is 16.5 Å². The Hall–Kier alpha value is -1.12. The van der Waals surface area contributed by atoms with Gasteiger partial charge in [0.1, 0.15) is 0 Å². The van der Waals surface area contributed by atoms with Gasteiger partial charge in [-0.05, 0) is 30.3 Å². The van der Waals surface area contributed by atoms with Crippen LogP contribution < -0.4 is 0 Å². The minimum absolute atomic E-state index is 0.460. The smallest absolute Gasteiger partial charge is 0.217 e. The van der Waals surface area contributed by atoms with E-state index in [2.05, 4.69) is 22.3 Å². The van der Waals surface area contributed by atoms with E-state index in [1.165, 1.54) is 16.5 Å². The van der Waals surface area contributed by atoms with Crippen LogP contribution in [0.5, 0.6) is 0 Å². The summed E-state index contributed by atoms with van der Waals surface area (Å²) in [5, 5.41) is 10.3. The summed E-state index contributed by atoms with van der Waals surface area (Å²) in [4.78, 5) is 1.44. The van der Waals surface area contributed by atoms with Crippen molar-refractivity contribution in [1.82, 2.24) is 14.6 Å².